The molecule has 0 aromatic heterocycles. The average Bonchev–Trinajstić information content (AvgIpc) is 2.61. The molecule has 0 radical (unpaired) electrons. The molecule has 0 saturated carbocycles. The van der Waals surface area contributed by atoms with Gasteiger partial charge in [-0.15, -0.1) is 0 Å². The van der Waals surface area contributed by atoms with Crippen molar-refractivity contribution < 1.29 is 19.8 Å². The van der Waals surface area contributed by atoms with Crippen LogP contribution in [0.25, 0.3) is 0 Å². The highest BCUT2D eigenvalue weighted by Gasteiger charge is 2.10. The Labute approximate surface area is 145 Å². The van der Waals surface area contributed by atoms with Gasteiger partial charge in [-0.2, -0.15) is 0 Å². The molecule has 0 fully saturated rings. The fourth-order valence-corrected chi connectivity index (χ4v) is 2.18. The van der Waals surface area contributed by atoms with Gasteiger partial charge in [0.1, 0.15) is 11.5 Å². The molecule has 7 heteroatoms. The summed E-state index contributed by atoms with van der Waals surface area (Å²) in [6, 6.07) is 12.7. The van der Waals surface area contributed by atoms with Gasteiger partial charge in [0.25, 0.3) is 11.8 Å². The Morgan fingerprint density at radius 3 is 1.48 bits per heavy atom. The van der Waals surface area contributed by atoms with Crippen LogP contribution in [0.5, 0.6) is 11.5 Å². The molecule has 0 unspecified atom stereocenters. The van der Waals surface area contributed by atoms with Crippen LogP contribution >= 0.6 is 0 Å². The van der Waals surface area contributed by atoms with E-state index in [0.717, 1.165) is 0 Å². The lowest BCUT2D eigenvalue weighted by Crippen LogP contribution is -2.36. The van der Waals surface area contributed by atoms with Crippen molar-refractivity contribution in [1.29, 1.82) is 0 Å². The van der Waals surface area contributed by atoms with Crippen LogP contribution in [0.15, 0.2) is 48.5 Å². The molecular weight excluding hydrogens is 322 g/mol. The summed E-state index contributed by atoms with van der Waals surface area (Å²) in [6.45, 7) is 1.82. The van der Waals surface area contributed by atoms with E-state index in [-0.39, 0.29) is 34.4 Å². The lowest BCUT2D eigenvalue weighted by atomic mass is 10.2. The van der Waals surface area contributed by atoms with E-state index in [0.29, 0.717) is 26.2 Å². The zero-order chi connectivity index (χ0) is 18.1. The molecule has 2 aromatic carbocycles. The zero-order valence-electron chi connectivity index (χ0n) is 13.7. The normalized spacial score (nSPS) is 10.2. The minimum Gasteiger partial charge on any atom is -0.507 e. The van der Waals surface area contributed by atoms with Crippen molar-refractivity contribution in [3.05, 3.63) is 59.7 Å². The van der Waals surface area contributed by atoms with Crippen molar-refractivity contribution in [1.82, 2.24) is 16.0 Å². The first-order chi connectivity index (χ1) is 12.1. The number of phenols is 2. The molecule has 0 aliphatic rings. The molecule has 2 amide bonds. The van der Waals surface area contributed by atoms with Crippen molar-refractivity contribution in [2.75, 3.05) is 26.2 Å². The first kappa shape index (κ1) is 18.3. The molecule has 7 nitrogen and oxygen atoms in total. The van der Waals surface area contributed by atoms with E-state index in [1.165, 1.54) is 12.1 Å². The van der Waals surface area contributed by atoms with E-state index in [9.17, 15) is 19.8 Å². The predicted molar refractivity (Wildman–Crippen MR) is 93.7 cm³/mol. The van der Waals surface area contributed by atoms with Gasteiger partial charge in [0.15, 0.2) is 0 Å². The van der Waals surface area contributed by atoms with Crippen LogP contribution in [0.2, 0.25) is 0 Å². The Morgan fingerprint density at radius 2 is 1.08 bits per heavy atom. The standard InChI is InChI=1S/C18H21N3O4/c22-15-7-3-1-5-13(15)17(24)20-11-9-19-10-12-21-18(25)14-6-2-4-8-16(14)23/h1-8,19,22-23H,9-12H2,(H,20,24)(H,21,25). The number of para-hydroxylation sites is 2. The predicted octanol–water partition coefficient (Wildman–Crippen LogP) is 0.847. The molecule has 0 aliphatic carbocycles. The summed E-state index contributed by atoms with van der Waals surface area (Å²) in [5.74, 6) is -0.791. The zero-order valence-corrected chi connectivity index (χ0v) is 13.7. The molecule has 2 rings (SSSR count). The number of hydrogen-bond acceptors (Lipinski definition) is 5. The van der Waals surface area contributed by atoms with Gasteiger partial charge in [-0.05, 0) is 24.3 Å². The van der Waals surface area contributed by atoms with E-state index in [4.69, 9.17) is 0 Å². The molecule has 0 heterocycles. The smallest absolute Gasteiger partial charge is 0.255 e. The fraction of sp³-hybridized carbons (Fsp3) is 0.222. The maximum atomic E-state index is 11.9. The number of benzene rings is 2. The summed E-state index contributed by atoms with van der Waals surface area (Å²) < 4.78 is 0. The van der Waals surface area contributed by atoms with E-state index < -0.39 is 0 Å². The van der Waals surface area contributed by atoms with Crippen molar-refractivity contribution in [3.8, 4) is 11.5 Å². The number of carbonyl (C=O) groups is 2. The van der Waals surface area contributed by atoms with Crippen LogP contribution in [0.1, 0.15) is 20.7 Å². The highest BCUT2D eigenvalue weighted by atomic mass is 16.3. The first-order valence-corrected chi connectivity index (χ1v) is 7.92. The monoisotopic (exact) mass is 343 g/mol. The maximum absolute atomic E-state index is 11.9. The van der Waals surface area contributed by atoms with E-state index in [1.807, 2.05) is 0 Å². The van der Waals surface area contributed by atoms with Gasteiger partial charge in [-0.25, -0.2) is 0 Å². The molecule has 2 aromatic rings. The summed E-state index contributed by atoms with van der Waals surface area (Å²) in [6.07, 6.45) is 0. The lowest BCUT2D eigenvalue weighted by Gasteiger charge is -2.09. The van der Waals surface area contributed by atoms with Gasteiger partial charge in [0, 0.05) is 26.2 Å². The quantitative estimate of drug-likeness (QED) is 0.456. The molecule has 0 saturated heterocycles. The van der Waals surface area contributed by atoms with Gasteiger partial charge in [0.2, 0.25) is 0 Å². The van der Waals surface area contributed by atoms with Gasteiger partial charge in [-0.3, -0.25) is 9.59 Å². The second kappa shape index (κ2) is 9.29. The Kier molecular flexibility index (Phi) is 6.79. The number of nitrogens with one attached hydrogen (secondary N) is 3. The minimum atomic E-state index is -0.340. The Balaban J connectivity index is 1.60. The van der Waals surface area contributed by atoms with Crippen molar-refractivity contribution in [2.24, 2.45) is 0 Å². The molecule has 132 valence electrons. The molecule has 0 atom stereocenters. The van der Waals surface area contributed by atoms with E-state index in [2.05, 4.69) is 16.0 Å². The summed E-state index contributed by atoms with van der Waals surface area (Å²) in [5, 5.41) is 27.6. The van der Waals surface area contributed by atoms with Crippen molar-refractivity contribution >= 4 is 11.8 Å². The first-order valence-electron chi connectivity index (χ1n) is 7.92. The van der Waals surface area contributed by atoms with E-state index >= 15 is 0 Å². The minimum absolute atomic E-state index is 0.0557. The van der Waals surface area contributed by atoms with E-state index in [1.54, 1.807) is 36.4 Å². The fourth-order valence-electron chi connectivity index (χ4n) is 2.18. The molecule has 0 spiro atoms. The van der Waals surface area contributed by atoms with Gasteiger partial charge >= 0.3 is 0 Å². The maximum Gasteiger partial charge on any atom is 0.255 e. The number of carbonyl (C=O) groups excluding carboxylic acids is 2. The number of rotatable bonds is 8. The van der Waals surface area contributed by atoms with Crippen LogP contribution in [-0.4, -0.2) is 48.2 Å². The molecule has 0 bridgehead atoms. The third-order valence-electron chi connectivity index (χ3n) is 3.47. The second-order valence-corrected chi connectivity index (χ2v) is 5.30. The third kappa shape index (κ3) is 5.50. The van der Waals surface area contributed by atoms with Crippen LogP contribution < -0.4 is 16.0 Å². The van der Waals surface area contributed by atoms with Crippen LogP contribution in [-0.2, 0) is 0 Å². The van der Waals surface area contributed by atoms with Crippen LogP contribution in [0.3, 0.4) is 0 Å². The molecule has 5 N–H and O–H groups in total. The Hall–Kier alpha value is -3.06. The Bertz CT molecular complexity index is 672. The number of aromatic hydroxyl groups is 2. The van der Waals surface area contributed by atoms with Gasteiger partial charge in [-0.1, -0.05) is 24.3 Å². The second-order valence-electron chi connectivity index (χ2n) is 5.30. The van der Waals surface area contributed by atoms with Crippen LogP contribution in [0.4, 0.5) is 0 Å². The molecule has 0 aliphatic heterocycles. The number of hydrogen-bond donors (Lipinski definition) is 5. The molecular formula is C18H21N3O4. The average molecular weight is 343 g/mol. The largest absolute Gasteiger partial charge is 0.507 e. The van der Waals surface area contributed by atoms with Crippen LogP contribution in [0, 0.1) is 0 Å². The number of phenolic OH excluding ortho intramolecular Hbond substituents is 2. The summed E-state index contributed by atoms with van der Waals surface area (Å²) in [7, 11) is 0. The highest BCUT2D eigenvalue weighted by Crippen LogP contribution is 2.15. The molecule has 25 heavy (non-hydrogen) atoms. The summed E-state index contributed by atoms with van der Waals surface area (Å²) in [5.41, 5.74) is 0.467. The van der Waals surface area contributed by atoms with Gasteiger partial charge in [0.05, 0.1) is 11.1 Å². The highest BCUT2D eigenvalue weighted by molar-refractivity contribution is 5.97. The Morgan fingerprint density at radius 1 is 0.680 bits per heavy atom. The summed E-state index contributed by atoms with van der Waals surface area (Å²) >= 11 is 0. The van der Waals surface area contributed by atoms with Crippen molar-refractivity contribution in [3.63, 3.8) is 0 Å². The van der Waals surface area contributed by atoms with Gasteiger partial charge < -0.3 is 26.2 Å². The number of amides is 2. The van der Waals surface area contributed by atoms with Crippen molar-refractivity contribution in [2.45, 2.75) is 0 Å². The lowest BCUT2D eigenvalue weighted by molar-refractivity contribution is 0.0945. The summed E-state index contributed by atoms with van der Waals surface area (Å²) in [4.78, 5) is 23.7. The topological polar surface area (TPSA) is 111 Å². The third-order valence-corrected chi connectivity index (χ3v) is 3.47. The SMILES string of the molecule is O=C(NCCNCCNC(=O)c1ccccc1O)c1ccccc1O.